The van der Waals surface area contributed by atoms with Crippen LogP contribution in [-0.4, -0.2) is 21.1 Å². The lowest BCUT2D eigenvalue weighted by Crippen LogP contribution is -2.13. The Bertz CT molecular complexity index is 1130. The lowest BCUT2D eigenvalue weighted by molar-refractivity contribution is 0.102. The molecular formula is C21H18N4O3S. The molecule has 1 N–H and O–H groups in total. The smallest absolute Gasteiger partial charge is 0.280 e. The Morgan fingerprint density at radius 3 is 2.69 bits per heavy atom. The molecule has 8 heteroatoms. The van der Waals surface area contributed by atoms with Crippen LogP contribution in [0.5, 0.6) is 5.75 Å². The zero-order valence-corrected chi connectivity index (χ0v) is 16.7. The maximum Gasteiger partial charge on any atom is 0.280 e. The van der Waals surface area contributed by atoms with Crippen molar-refractivity contribution in [3.05, 3.63) is 76.8 Å². The van der Waals surface area contributed by atoms with E-state index >= 15 is 0 Å². The number of anilines is 1. The summed E-state index contributed by atoms with van der Waals surface area (Å²) in [5.41, 5.74) is 3.17. The molecule has 0 saturated heterocycles. The molecule has 4 aromatic rings. The highest BCUT2D eigenvalue weighted by molar-refractivity contribution is 7.15. The molecule has 0 atom stereocenters. The normalized spacial score (nSPS) is 10.7. The van der Waals surface area contributed by atoms with Gasteiger partial charge in [-0.25, -0.2) is 4.98 Å². The van der Waals surface area contributed by atoms with E-state index in [-0.39, 0.29) is 12.3 Å². The molecule has 0 unspecified atom stereocenters. The molecule has 1 amide bonds. The molecule has 2 aromatic heterocycles. The summed E-state index contributed by atoms with van der Waals surface area (Å²) in [6.45, 7) is 4.24. The molecule has 0 fully saturated rings. The van der Waals surface area contributed by atoms with Crippen molar-refractivity contribution in [1.29, 1.82) is 0 Å². The van der Waals surface area contributed by atoms with Crippen molar-refractivity contribution in [2.24, 2.45) is 0 Å². The molecule has 2 aromatic carbocycles. The molecule has 4 rings (SSSR count). The van der Waals surface area contributed by atoms with Crippen LogP contribution in [0.2, 0.25) is 0 Å². The summed E-state index contributed by atoms with van der Waals surface area (Å²) in [4.78, 5) is 16.7. The lowest BCUT2D eigenvalue weighted by atomic mass is 10.1. The van der Waals surface area contributed by atoms with Gasteiger partial charge in [0.05, 0.1) is 0 Å². The van der Waals surface area contributed by atoms with Gasteiger partial charge < -0.3 is 9.15 Å². The fourth-order valence-electron chi connectivity index (χ4n) is 2.72. The SMILES string of the molecule is Cc1ccc(OCc2nnc(NC(=O)c3ncoc3-c3ccccc3C)s2)cc1. The first-order valence-corrected chi connectivity index (χ1v) is 9.74. The summed E-state index contributed by atoms with van der Waals surface area (Å²) in [6, 6.07) is 15.4. The summed E-state index contributed by atoms with van der Waals surface area (Å²) in [7, 11) is 0. The van der Waals surface area contributed by atoms with Crippen LogP contribution >= 0.6 is 11.3 Å². The largest absolute Gasteiger partial charge is 0.486 e. The van der Waals surface area contributed by atoms with Gasteiger partial charge in [0.25, 0.3) is 5.91 Å². The van der Waals surface area contributed by atoms with E-state index in [9.17, 15) is 4.79 Å². The lowest BCUT2D eigenvalue weighted by Gasteiger charge is -2.04. The van der Waals surface area contributed by atoms with Crippen LogP contribution < -0.4 is 10.1 Å². The van der Waals surface area contributed by atoms with E-state index < -0.39 is 5.91 Å². The molecule has 0 saturated carbocycles. The van der Waals surface area contributed by atoms with Crippen LogP contribution in [-0.2, 0) is 6.61 Å². The van der Waals surface area contributed by atoms with E-state index in [1.54, 1.807) is 0 Å². The van der Waals surface area contributed by atoms with Crippen LogP contribution in [0.4, 0.5) is 5.13 Å². The summed E-state index contributed by atoms with van der Waals surface area (Å²) >= 11 is 1.25. The van der Waals surface area contributed by atoms with E-state index in [2.05, 4.69) is 20.5 Å². The summed E-state index contributed by atoms with van der Waals surface area (Å²) < 4.78 is 11.2. The number of amides is 1. The van der Waals surface area contributed by atoms with Crippen molar-refractivity contribution in [2.45, 2.75) is 20.5 Å². The second-order valence-electron chi connectivity index (χ2n) is 6.40. The minimum atomic E-state index is -0.404. The van der Waals surface area contributed by atoms with Gasteiger partial charge in [-0.1, -0.05) is 53.3 Å². The Kier molecular flexibility index (Phi) is 5.35. The topological polar surface area (TPSA) is 90.1 Å². The maximum absolute atomic E-state index is 12.7. The van der Waals surface area contributed by atoms with E-state index in [4.69, 9.17) is 9.15 Å². The summed E-state index contributed by atoms with van der Waals surface area (Å²) in [5.74, 6) is 0.772. The average molecular weight is 406 g/mol. The van der Waals surface area contributed by atoms with Gasteiger partial charge in [-0.15, -0.1) is 10.2 Å². The number of carbonyl (C=O) groups excluding carboxylic acids is 1. The molecule has 29 heavy (non-hydrogen) atoms. The molecule has 2 heterocycles. The van der Waals surface area contributed by atoms with Gasteiger partial charge in [0.2, 0.25) is 5.13 Å². The summed E-state index contributed by atoms with van der Waals surface area (Å²) in [6.07, 6.45) is 1.26. The fourth-order valence-corrected chi connectivity index (χ4v) is 3.37. The quantitative estimate of drug-likeness (QED) is 0.502. The van der Waals surface area contributed by atoms with Gasteiger partial charge in [-0.2, -0.15) is 0 Å². The van der Waals surface area contributed by atoms with Crippen LogP contribution in [0.3, 0.4) is 0 Å². The summed E-state index contributed by atoms with van der Waals surface area (Å²) in [5, 5.41) is 11.8. The third kappa shape index (κ3) is 4.33. The first-order chi connectivity index (χ1) is 14.1. The fraction of sp³-hybridized carbons (Fsp3) is 0.143. The number of nitrogens with zero attached hydrogens (tertiary/aromatic N) is 3. The molecule has 0 radical (unpaired) electrons. The van der Waals surface area contributed by atoms with Crippen LogP contribution in [0.1, 0.15) is 26.6 Å². The van der Waals surface area contributed by atoms with Gasteiger partial charge in [0, 0.05) is 5.56 Å². The van der Waals surface area contributed by atoms with E-state index in [1.807, 2.05) is 62.4 Å². The monoisotopic (exact) mass is 406 g/mol. The predicted molar refractivity (Wildman–Crippen MR) is 110 cm³/mol. The first-order valence-electron chi connectivity index (χ1n) is 8.93. The highest BCUT2D eigenvalue weighted by Gasteiger charge is 2.20. The number of carbonyl (C=O) groups is 1. The number of ether oxygens (including phenoxy) is 1. The van der Waals surface area contributed by atoms with Crippen LogP contribution in [0.15, 0.2) is 59.3 Å². The molecule has 0 aliphatic heterocycles. The van der Waals surface area contributed by atoms with Crippen LogP contribution in [0, 0.1) is 13.8 Å². The van der Waals surface area contributed by atoms with Crippen molar-refractivity contribution < 1.29 is 13.9 Å². The molecule has 146 valence electrons. The van der Waals surface area contributed by atoms with E-state index in [0.29, 0.717) is 15.9 Å². The average Bonchev–Trinajstić information content (AvgIpc) is 3.37. The van der Waals surface area contributed by atoms with Crippen molar-refractivity contribution in [3.63, 3.8) is 0 Å². The molecule has 0 spiro atoms. The second-order valence-corrected chi connectivity index (χ2v) is 7.46. The van der Waals surface area contributed by atoms with Crippen LogP contribution in [0.25, 0.3) is 11.3 Å². The minimum absolute atomic E-state index is 0.201. The Labute approximate surface area is 171 Å². The van der Waals surface area contributed by atoms with E-state index in [0.717, 1.165) is 22.4 Å². The highest BCUT2D eigenvalue weighted by Crippen LogP contribution is 2.27. The van der Waals surface area contributed by atoms with Gasteiger partial charge in [-0.05, 0) is 31.5 Å². The predicted octanol–water partition coefficient (Wildman–Crippen LogP) is 4.64. The Morgan fingerprint density at radius 1 is 1.10 bits per heavy atom. The molecule has 0 aliphatic rings. The molecule has 0 bridgehead atoms. The number of hydrogen-bond donors (Lipinski definition) is 1. The third-order valence-electron chi connectivity index (χ3n) is 4.24. The van der Waals surface area contributed by atoms with Crippen molar-refractivity contribution >= 4 is 22.4 Å². The number of rotatable bonds is 6. The number of oxazole rings is 1. The molecule has 0 aliphatic carbocycles. The Hall–Kier alpha value is -3.52. The van der Waals surface area contributed by atoms with Gasteiger partial charge >= 0.3 is 0 Å². The third-order valence-corrected chi connectivity index (χ3v) is 5.05. The number of hydrogen-bond acceptors (Lipinski definition) is 7. The zero-order chi connectivity index (χ0) is 20.2. The van der Waals surface area contributed by atoms with Gasteiger partial charge in [0.1, 0.15) is 12.4 Å². The number of aromatic nitrogens is 3. The maximum atomic E-state index is 12.7. The number of benzene rings is 2. The second kappa shape index (κ2) is 8.24. The zero-order valence-electron chi connectivity index (χ0n) is 15.9. The number of aryl methyl sites for hydroxylation is 2. The Morgan fingerprint density at radius 2 is 1.90 bits per heavy atom. The van der Waals surface area contributed by atoms with Gasteiger partial charge in [-0.3, -0.25) is 10.1 Å². The van der Waals surface area contributed by atoms with Gasteiger partial charge in [0.15, 0.2) is 22.9 Å². The standard InChI is InChI=1S/C21H18N4O3S/c1-13-7-9-15(10-8-13)27-11-17-24-25-21(29-17)23-20(26)18-19(28-12-22-18)16-6-4-3-5-14(16)2/h3-10,12H,11H2,1-2H3,(H,23,25,26). The minimum Gasteiger partial charge on any atom is -0.486 e. The highest BCUT2D eigenvalue weighted by atomic mass is 32.1. The first kappa shape index (κ1) is 18.8. The van der Waals surface area contributed by atoms with Crippen molar-refractivity contribution in [2.75, 3.05) is 5.32 Å². The molecule has 7 nitrogen and oxygen atoms in total. The van der Waals surface area contributed by atoms with Crippen molar-refractivity contribution in [3.8, 4) is 17.1 Å². The molecular weight excluding hydrogens is 388 g/mol. The number of nitrogens with one attached hydrogen (secondary N) is 1. The van der Waals surface area contributed by atoms with Crippen molar-refractivity contribution in [1.82, 2.24) is 15.2 Å². The Balaban J connectivity index is 1.43. The van der Waals surface area contributed by atoms with E-state index in [1.165, 1.54) is 17.7 Å².